The lowest BCUT2D eigenvalue weighted by molar-refractivity contribution is 0.397. The van der Waals surface area contributed by atoms with Crippen molar-refractivity contribution in [1.82, 2.24) is 29.2 Å². The Morgan fingerprint density at radius 2 is 1.68 bits per heavy atom. The molecule has 8 heteroatoms. The van der Waals surface area contributed by atoms with E-state index in [1.807, 2.05) is 31.5 Å². The van der Waals surface area contributed by atoms with Crippen LogP contribution in [-0.4, -0.2) is 43.4 Å². The van der Waals surface area contributed by atoms with Crippen molar-refractivity contribution in [3.63, 3.8) is 0 Å². The van der Waals surface area contributed by atoms with Gasteiger partial charge in [-0.15, -0.1) is 5.10 Å². The fraction of sp³-hybridized carbons (Fsp3) is 0.269. The third-order valence-corrected chi connectivity index (χ3v) is 6.43. The fourth-order valence-corrected chi connectivity index (χ4v) is 4.41. The molecule has 0 amide bonds. The van der Waals surface area contributed by atoms with Gasteiger partial charge in [0.15, 0.2) is 0 Å². The summed E-state index contributed by atoms with van der Waals surface area (Å²) in [5, 5.41) is 13.1. The Balaban J connectivity index is 1.45. The molecule has 34 heavy (non-hydrogen) atoms. The molecule has 0 saturated heterocycles. The molecule has 172 valence electrons. The number of ether oxygens (including phenoxy) is 2. The van der Waals surface area contributed by atoms with Crippen LogP contribution >= 0.6 is 0 Å². The molecule has 1 aromatic carbocycles. The smallest absolute Gasteiger partial charge is 0.132 e. The highest BCUT2D eigenvalue weighted by atomic mass is 16.5. The first-order valence-electron chi connectivity index (χ1n) is 11.5. The van der Waals surface area contributed by atoms with E-state index in [9.17, 15) is 0 Å². The Morgan fingerprint density at radius 3 is 2.35 bits per heavy atom. The summed E-state index contributed by atoms with van der Waals surface area (Å²) >= 11 is 0. The van der Waals surface area contributed by atoms with Gasteiger partial charge in [-0.05, 0) is 50.1 Å². The Morgan fingerprint density at radius 1 is 0.912 bits per heavy atom. The molecule has 0 bridgehead atoms. The number of nitrogens with zero attached hydrogens (tertiary/aromatic N) is 6. The zero-order valence-corrected chi connectivity index (χ0v) is 19.5. The zero-order chi connectivity index (χ0) is 23.2. The molecule has 1 saturated carbocycles. The van der Waals surface area contributed by atoms with Crippen LogP contribution in [0.15, 0.2) is 61.2 Å². The van der Waals surface area contributed by atoms with Gasteiger partial charge in [0.2, 0.25) is 0 Å². The maximum atomic E-state index is 5.78. The van der Waals surface area contributed by atoms with Crippen LogP contribution < -0.4 is 9.47 Å². The highest BCUT2D eigenvalue weighted by molar-refractivity contribution is 5.81. The van der Waals surface area contributed by atoms with Gasteiger partial charge in [-0.1, -0.05) is 11.3 Å². The predicted molar refractivity (Wildman–Crippen MR) is 130 cm³/mol. The van der Waals surface area contributed by atoms with Crippen LogP contribution in [0.4, 0.5) is 0 Å². The average Bonchev–Trinajstić information content (AvgIpc) is 3.27. The summed E-state index contributed by atoms with van der Waals surface area (Å²) in [7, 11) is 3.33. The summed E-state index contributed by atoms with van der Waals surface area (Å²) in [6, 6.07) is 13.1. The molecule has 1 fully saturated rings. The lowest BCUT2D eigenvalue weighted by Crippen LogP contribution is -1.96. The van der Waals surface area contributed by atoms with E-state index in [0.29, 0.717) is 17.5 Å². The van der Waals surface area contributed by atoms with E-state index < -0.39 is 0 Å². The van der Waals surface area contributed by atoms with Crippen molar-refractivity contribution in [2.45, 2.75) is 32.4 Å². The Kier molecular flexibility index (Phi) is 4.86. The van der Waals surface area contributed by atoms with Crippen LogP contribution in [0.5, 0.6) is 11.5 Å². The first-order valence-corrected chi connectivity index (χ1v) is 11.5. The maximum Gasteiger partial charge on any atom is 0.132 e. The normalized spacial score (nSPS) is 13.5. The van der Waals surface area contributed by atoms with Crippen LogP contribution in [0.2, 0.25) is 0 Å². The van der Waals surface area contributed by atoms with Crippen LogP contribution in [0.1, 0.15) is 25.8 Å². The van der Waals surface area contributed by atoms with Gasteiger partial charge in [-0.2, -0.15) is 5.10 Å². The summed E-state index contributed by atoms with van der Waals surface area (Å²) < 4.78 is 17.6. The van der Waals surface area contributed by atoms with Crippen LogP contribution in [0.3, 0.4) is 0 Å². The number of rotatable bonds is 7. The van der Waals surface area contributed by atoms with Crippen molar-refractivity contribution >= 4 is 5.52 Å². The monoisotopic (exact) mass is 454 g/mol. The summed E-state index contributed by atoms with van der Waals surface area (Å²) in [6.45, 7) is 2.77. The number of benzene rings is 1. The molecule has 4 heterocycles. The Labute approximate surface area is 197 Å². The second kappa shape index (κ2) is 8.06. The van der Waals surface area contributed by atoms with Gasteiger partial charge < -0.3 is 13.9 Å². The van der Waals surface area contributed by atoms with Gasteiger partial charge in [0.05, 0.1) is 43.9 Å². The molecule has 0 unspecified atom stereocenters. The number of hydrogen-bond donors (Lipinski definition) is 0. The van der Waals surface area contributed by atoms with Crippen molar-refractivity contribution in [1.29, 1.82) is 0 Å². The summed E-state index contributed by atoms with van der Waals surface area (Å²) in [5.74, 6) is 1.38. The number of pyridine rings is 1. The topological polar surface area (TPSA) is 71.4 Å². The first-order chi connectivity index (χ1) is 16.7. The molecule has 0 radical (unpaired) electrons. The van der Waals surface area contributed by atoms with Gasteiger partial charge in [0, 0.05) is 41.1 Å². The van der Waals surface area contributed by atoms with Gasteiger partial charge >= 0.3 is 0 Å². The molecule has 0 atom stereocenters. The summed E-state index contributed by atoms with van der Waals surface area (Å²) in [5.41, 5.74) is 6.92. The minimum atomic E-state index is 0.567. The van der Waals surface area contributed by atoms with Gasteiger partial charge in [0.25, 0.3) is 0 Å². The molecule has 5 aromatic rings. The number of hydrogen-bond acceptors (Lipinski definition) is 5. The van der Waals surface area contributed by atoms with Crippen molar-refractivity contribution in [3.05, 3.63) is 61.2 Å². The van der Waals surface area contributed by atoms with E-state index in [2.05, 4.69) is 61.2 Å². The number of fused-ring (bicyclic) bond motifs is 1. The number of aromatic nitrogens is 6. The Bertz CT molecular complexity index is 1470. The fourth-order valence-electron chi connectivity index (χ4n) is 4.41. The molecule has 1 aliphatic carbocycles. The second-order valence-corrected chi connectivity index (χ2v) is 8.59. The molecule has 6 rings (SSSR count). The second-order valence-electron chi connectivity index (χ2n) is 8.59. The van der Waals surface area contributed by atoms with E-state index in [4.69, 9.17) is 9.47 Å². The summed E-state index contributed by atoms with van der Waals surface area (Å²) in [4.78, 5) is 0. The molecule has 0 aliphatic heterocycles. The standard InChI is InChI=1S/C26H26N6O2/c1-4-30-16-22(28-29-30)26-24(33-2)11-18(12-25(26)34-3)23-10-9-20-6-5-17(14-31(20)23)19-13-27-32(15-19)21-7-8-21/h5-6,9-16,21H,4,7-8H2,1-3H3. The summed E-state index contributed by atoms with van der Waals surface area (Å²) in [6.07, 6.45) is 10.6. The predicted octanol–water partition coefficient (Wildman–Crippen LogP) is 5.10. The lowest BCUT2D eigenvalue weighted by Gasteiger charge is -2.14. The molecule has 1 aliphatic rings. The quantitative estimate of drug-likeness (QED) is 0.342. The molecular weight excluding hydrogens is 428 g/mol. The minimum absolute atomic E-state index is 0.567. The van der Waals surface area contributed by atoms with Crippen molar-refractivity contribution in [3.8, 4) is 45.1 Å². The van der Waals surface area contributed by atoms with Crippen molar-refractivity contribution < 1.29 is 9.47 Å². The third-order valence-electron chi connectivity index (χ3n) is 6.43. The SMILES string of the molecule is CCn1cc(-c2c(OC)cc(-c3ccc4ccc(-c5cnn(C6CC6)c5)cn34)cc2OC)nn1. The highest BCUT2D eigenvalue weighted by Gasteiger charge is 2.24. The largest absolute Gasteiger partial charge is 0.496 e. The third kappa shape index (κ3) is 3.42. The Hall–Kier alpha value is -4.07. The van der Waals surface area contributed by atoms with E-state index in [0.717, 1.165) is 45.7 Å². The van der Waals surface area contributed by atoms with Gasteiger partial charge in [-0.3, -0.25) is 9.36 Å². The van der Waals surface area contributed by atoms with E-state index in [-0.39, 0.29) is 0 Å². The van der Waals surface area contributed by atoms with Gasteiger partial charge in [0.1, 0.15) is 17.2 Å². The van der Waals surface area contributed by atoms with Crippen LogP contribution in [0, 0.1) is 0 Å². The number of aryl methyl sites for hydroxylation is 1. The van der Waals surface area contributed by atoms with Crippen molar-refractivity contribution in [2.24, 2.45) is 0 Å². The molecule has 0 N–H and O–H groups in total. The molecule has 8 nitrogen and oxygen atoms in total. The molecule has 4 aromatic heterocycles. The molecule has 0 spiro atoms. The van der Waals surface area contributed by atoms with Crippen LogP contribution in [-0.2, 0) is 6.54 Å². The highest BCUT2D eigenvalue weighted by Crippen LogP contribution is 2.42. The maximum absolute atomic E-state index is 5.78. The molecular formula is C26H26N6O2. The minimum Gasteiger partial charge on any atom is -0.496 e. The van der Waals surface area contributed by atoms with E-state index >= 15 is 0 Å². The zero-order valence-electron chi connectivity index (χ0n) is 19.5. The van der Waals surface area contributed by atoms with E-state index in [1.165, 1.54) is 12.8 Å². The number of methoxy groups -OCH3 is 2. The van der Waals surface area contributed by atoms with Crippen LogP contribution in [0.25, 0.3) is 39.2 Å². The van der Waals surface area contributed by atoms with Gasteiger partial charge in [-0.25, -0.2) is 0 Å². The lowest BCUT2D eigenvalue weighted by atomic mass is 10.0. The van der Waals surface area contributed by atoms with Crippen molar-refractivity contribution in [2.75, 3.05) is 14.2 Å². The van der Waals surface area contributed by atoms with E-state index in [1.54, 1.807) is 18.9 Å². The average molecular weight is 455 g/mol. The first kappa shape index (κ1) is 20.5.